The van der Waals surface area contributed by atoms with Crippen LogP contribution in [0.4, 0.5) is 0 Å². The second-order valence-corrected chi connectivity index (χ2v) is 5.08. The fraction of sp³-hybridized carbons (Fsp3) is 0.429. The summed E-state index contributed by atoms with van der Waals surface area (Å²) >= 11 is 1.14. The van der Waals surface area contributed by atoms with Crippen LogP contribution >= 0.6 is 11.8 Å². The molecule has 104 valence electrons. The number of carbonyl (C=O) groups excluding carboxylic acids is 1. The van der Waals surface area contributed by atoms with Crippen molar-refractivity contribution in [2.45, 2.75) is 13.3 Å². The Hall–Kier alpha value is -1.49. The van der Waals surface area contributed by atoms with E-state index in [1.54, 1.807) is 4.90 Å². The Kier molecular flexibility index (Phi) is 7.03. The molecule has 4 nitrogen and oxygen atoms in total. The molecule has 1 N–H and O–H groups in total. The van der Waals surface area contributed by atoms with Gasteiger partial charge >= 0.3 is 5.97 Å². The Balaban J connectivity index is 2.36. The van der Waals surface area contributed by atoms with Gasteiger partial charge in [-0.1, -0.05) is 30.3 Å². The number of carbonyl (C=O) groups is 2. The normalized spacial score (nSPS) is 10.2. The van der Waals surface area contributed by atoms with Crippen LogP contribution in [-0.4, -0.2) is 46.5 Å². The van der Waals surface area contributed by atoms with Crippen LogP contribution < -0.4 is 0 Å². The van der Waals surface area contributed by atoms with E-state index >= 15 is 0 Å². The molecule has 0 saturated carbocycles. The van der Waals surface area contributed by atoms with Gasteiger partial charge in [-0.3, -0.25) is 9.59 Å². The number of rotatable bonds is 8. The number of carboxylic acid groups (broad SMARTS) is 1. The van der Waals surface area contributed by atoms with Gasteiger partial charge in [0.15, 0.2) is 0 Å². The number of amides is 1. The van der Waals surface area contributed by atoms with E-state index in [1.165, 1.54) is 5.56 Å². The summed E-state index contributed by atoms with van der Waals surface area (Å²) in [6, 6.07) is 10.0. The van der Waals surface area contributed by atoms with Crippen molar-refractivity contribution in [3.63, 3.8) is 0 Å². The molecule has 0 aliphatic carbocycles. The molecule has 0 unspecified atom stereocenters. The Bertz CT molecular complexity index is 408. The third-order valence-electron chi connectivity index (χ3n) is 2.70. The van der Waals surface area contributed by atoms with Gasteiger partial charge in [-0.25, -0.2) is 0 Å². The average Bonchev–Trinajstić information content (AvgIpc) is 2.40. The number of nitrogens with zero attached hydrogens (tertiary/aromatic N) is 1. The predicted octanol–water partition coefficient (Wildman–Crippen LogP) is 1.90. The number of hydrogen-bond donors (Lipinski definition) is 1. The van der Waals surface area contributed by atoms with E-state index in [9.17, 15) is 9.59 Å². The molecule has 0 aliphatic rings. The van der Waals surface area contributed by atoms with E-state index in [0.29, 0.717) is 13.1 Å². The molecule has 19 heavy (non-hydrogen) atoms. The highest BCUT2D eigenvalue weighted by molar-refractivity contribution is 8.00. The van der Waals surface area contributed by atoms with E-state index in [2.05, 4.69) is 0 Å². The molecule has 0 aromatic heterocycles. The highest BCUT2D eigenvalue weighted by Gasteiger charge is 2.12. The van der Waals surface area contributed by atoms with Gasteiger partial charge in [0.2, 0.25) is 5.91 Å². The quantitative estimate of drug-likeness (QED) is 0.790. The molecule has 1 rings (SSSR count). The molecular weight excluding hydrogens is 262 g/mol. The van der Waals surface area contributed by atoms with Crippen LogP contribution in [-0.2, 0) is 16.0 Å². The van der Waals surface area contributed by atoms with Crippen molar-refractivity contribution in [1.29, 1.82) is 0 Å². The number of benzene rings is 1. The SMILES string of the molecule is CCN(CCc1ccccc1)C(=O)CSCC(=O)O. The Morgan fingerprint density at radius 2 is 1.89 bits per heavy atom. The largest absolute Gasteiger partial charge is 0.481 e. The molecule has 0 heterocycles. The van der Waals surface area contributed by atoms with Crippen LogP contribution in [0.15, 0.2) is 30.3 Å². The second kappa shape index (κ2) is 8.58. The highest BCUT2D eigenvalue weighted by Crippen LogP contribution is 2.05. The number of thioether (sulfide) groups is 1. The second-order valence-electron chi connectivity index (χ2n) is 4.10. The first-order valence-corrected chi connectivity index (χ1v) is 7.40. The van der Waals surface area contributed by atoms with Gasteiger partial charge in [-0.05, 0) is 18.9 Å². The van der Waals surface area contributed by atoms with Gasteiger partial charge in [0, 0.05) is 13.1 Å². The lowest BCUT2D eigenvalue weighted by atomic mass is 10.1. The summed E-state index contributed by atoms with van der Waals surface area (Å²) in [5.74, 6) is -0.675. The number of hydrogen-bond acceptors (Lipinski definition) is 3. The Morgan fingerprint density at radius 1 is 1.21 bits per heavy atom. The molecule has 0 spiro atoms. The van der Waals surface area contributed by atoms with E-state index in [-0.39, 0.29) is 17.4 Å². The Labute approximate surface area is 117 Å². The van der Waals surface area contributed by atoms with Gasteiger partial charge in [-0.2, -0.15) is 0 Å². The lowest BCUT2D eigenvalue weighted by Crippen LogP contribution is -2.34. The zero-order chi connectivity index (χ0) is 14.1. The van der Waals surface area contributed by atoms with Crippen molar-refractivity contribution in [3.05, 3.63) is 35.9 Å². The topological polar surface area (TPSA) is 57.6 Å². The molecule has 0 radical (unpaired) electrons. The minimum absolute atomic E-state index is 0.00433. The number of carboxylic acids is 1. The zero-order valence-corrected chi connectivity index (χ0v) is 11.9. The van der Waals surface area contributed by atoms with E-state index in [0.717, 1.165) is 18.2 Å². The highest BCUT2D eigenvalue weighted by atomic mass is 32.2. The lowest BCUT2D eigenvalue weighted by Gasteiger charge is -2.20. The van der Waals surface area contributed by atoms with E-state index in [4.69, 9.17) is 5.11 Å². The predicted molar refractivity (Wildman–Crippen MR) is 77.4 cm³/mol. The summed E-state index contributed by atoms with van der Waals surface area (Å²) in [5.41, 5.74) is 1.20. The van der Waals surface area contributed by atoms with E-state index in [1.807, 2.05) is 37.3 Å². The fourth-order valence-corrected chi connectivity index (χ4v) is 2.32. The standard InChI is InChI=1S/C14H19NO3S/c1-2-15(13(16)10-19-11-14(17)18)9-8-12-6-4-3-5-7-12/h3-7H,2,8-11H2,1H3,(H,17,18). The smallest absolute Gasteiger partial charge is 0.313 e. The molecule has 5 heteroatoms. The van der Waals surface area contributed by atoms with Crippen LogP contribution in [0.5, 0.6) is 0 Å². The van der Waals surface area contributed by atoms with Gasteiger partial charge in [0.25, 0.3) is 0 Å². The van der Waals surface area contributed by atoms with Crippen molar-refractivity contribution >= 4 is 23.6 Å². The molecule has 0 aliphatic heterocycles. The van der Waals surface area contributed by atoms with Crippen molar-refractivity contribution in [1.82, 2.24) is 4.90 Å². The van der Waals surface area contributed by atoms with Crippen molar-refractivity contribution in [2.75, 3.05) is 24.6 Å². The fourth-order valence-electron chi connectivity index (χ4n) is 1.68. The van der Waals surface area contributed by atoms with Crippen LogP contribution in [0.3, 0.4) is 0 Å². The van der Waals surface area contributed by atoms with Crippen LogP contribution in [0.25, 0.3) is 0 Å². The maximum absolute atomic E-state index is 11.9. The molecule has 0 bridgehead atoms. The lowest BCUT2D eigenvalue weighted by molar-refractivity contribution is -0.133. The number of likely N-dealkylation sites (N-methyl/N-ethyl adjacent to an activating group) is 1. The van der Waals surface area contributed by atoms with Crippen LogP contribution in [0.1, 0.15) is 12.5 Å². The summed E-state index contributed by atoms with van der Waals surface area (Å²) in [5, 5.41) is 8.53. The van der Waals surface area contributed by atoms with Gasteiger partial charge < -0.3 is 10.0 Å². The van der Waals surface area contributed by atoms with E-state index < -0.39 is 5.97 Å². The third-order valence-corrected chi connectivity index (χ3v) is 3.60. The van der Waals surface area contributed by atoms with Gasteiger partial charge in [0.05, 0.1) is 11.5 Å². The maximum atomic E-state index is 11.9. The summed E-state index contributed by atoms with van der Waals surface area (Å²) in [4.78, 5) is 24.0. The minimum Gasteiger partial charge on any atom is -0.481 e. The molecule has 0 fully saturated rings. The van der Waals surface area contributed by atoms with Gasteiger partial charge in [0.1, 0.15) is 0 Å². The van der Waals surface area contributed by atoms with Crippen molar-refractivity contribution in [2.24, 2.45) is 0 Å². The average molecular weight is 281 g/mol. The summed E-state index contributed by atoms with van der Waals surface area (Å²) in [6.45, 7) is 3.26. The number of aliphatic carboxylic acids is 1. The first-order chi connectivity index (χ1) is 9.13. The molecule has 0 atom stereocenters. The summed E-state index contributed by atoms with van der Waals surface area (Å²) in [7, 11) is 0. The molecule has 0 saturated heterocycles. The third kappa shape index (κ3) is 6.29. The minimum atomic E-state index is -0.884. The molecular formula is C14H19NO3S. The van der Waals surface area contributed by atoms with Gasteiger partial charge in [-0.15, -0.1) is 11.8 Å². The van der Waals surface area contributed by atoms with Crippen LogP contribution in [0.2, 0.25) is 0 Å². The molecule has 1 aromatic carbocycles. The summed E-state index contributed by atoms with van der Waals surface area (Å²) < 4.78 is 0. The van der Waals surface area contributed by atoms with Crippen LogP contribution in [0, 0.1) is 0 Å². The zero-order valence-electron chi connectivity index (χ0n) is 11.0. The Morgan fingerprint density at radius 3 is 2.47 bits per heavy atom. The molecule has 1 amide bonds. The monoisotopic (exact) mass is 281 g/mol. The van der Waals surface area contributed by atoms with Crippen molar-refractivity contribution in [3.8, 4) is 0 Å². The molecule has 1 aromatic rings. The summed E-state index contributed by atoms with van der Waals surface area (Å²) in [6.07, 6.45) is 0.823. The first kappa shape index (κ1) is 15.6. The first-order valence-electron chi connectivity index (χ1n) is 6.24. The van der Waals surface area contributed by atoms with Crippen molar-refractivity contribution < 1.29 is 14.7 Å². The maximum Gasteiger partial charge on any atom is 0.313 e.